The van der Waals surface area contributed by atoms with Crippen molar-refractivity contribution in [1.29, 1.82) is 0 Å². The van der Waals surface area contributed by atoms with Crippen LogP contribution in [0.15, 0.2) is 39.3 Å². The maximum Gasteiger partial charge on any atom is 0.349 e. The lowest BCUT2D eigenvalue weighted by atomic mass is 10.3. The minimum Gasteiger partial charge on any atom is -0.481 e. The zero-order valence-electron chi connectivity index (χ0n) is 10.7. The van der Waals surface area contributed by atoms with Gasteiger partial charge in [0.15, 0.2) is 12.4 Å². The van der Waals surface area contributed by atoms with Gasteiger partial charge < -0.3 is 9.47 Å². The van der Waals surface area contributed by atoms with Gasteiger partial charge in [-0.1, -0.05) is 34.8 Å². The van der Waals surface area contributed by atoms with Crippen molar-refractivity contribution in [2.24, 2.45) is 0 Å². The largest absolute Gasteiger partial charge is 0.481 e. The van der Waals surface area contributed by atoms with Crippen LogP contribution in [0.3, 0.4) is 0 Å². The summed E-state index contributed by atoms with van der Waals surface area (Å²) in [6.45, 7) is -0.286. The molecule has 0 atom stereocenters. The van der Waals surface area contributed by atoms with E-state index in [2.05, 4.69) is 31.9 Å². The molecule has 0 bridgehead atoms. The van der Waals surface area contributed by atoms with Crippen LogP contribution in [0.2, 0.25) is 15.1 Å². The molecule has 3 nitrogen and oxygen atoms in total. The average Bonchev–Trinajstić information content (AvgIpc) is 2.42. The molecule has 2 aromatic carbocycles. The Morgan fingerprint density at radius 3 is 2.32 bits per heavy atom. The summed E-state index contributed by atoms with van der Waals surface area (Å²) in [6, 6.07) is 8.01. The number of esters is 1. The van der Waals surface area contributed by atoms with E-state index in [0.29, 0.717) is 24.7 Å². The minimum atomic E-state index is -0.605. The van der Waals surface area contributed by atoms with E-state index in [1.807, 2.05) is 0 Å². The first-order valence-electron chi connectivity index (χ1n) is 5.80. The van der Waals surface area contributed by atoms with Crippen LogP contribution >= 0.6 is 66.7 Å². The van der Waals surface area contributed by atoms with Crippen molar-refractivity contribution in [2.45, 2.75) is 0 Å². The molecule has 2 rings (SSSR count). The van der Waals surface area contributed by atoms with Crippen molar-refractivity contribution in [2.75, 3.05) is 6.61 Å². The Morgan fingerprint density at radius 2 is 1.68 bits per heavy atom. The first-order valence-corrected chi connectivity index (χ1v) is 8.52. The molecule has 0 unspecified atom stereocenters. The summed E-state index contributed by atoms with van der Waals surface area (Å²) in [4.78, 5) is 11.9. The molecule has 0 aliphatic rings. The van der Waals surface area contributed by atoms with Gasteiger partial charge in [0.1, 0.15) is 5.75 Å². The Balaban J connectivity index is 2.02. The number of hydrogen-bond donors (Lipinski definition) is 0. The van der Waals surface area contributed by atoms with Gasteiger partial charge in [-0.15, -0.1) is 0 Å². The number of ether oxygens (including phenoxy) is 2. The van der Waals surface area contributed by atoms with E-state index in [1.165, 1.54) is 6.07 Å². The van der Waals surface area contributed by atoms with Crippen molar-refractivity contribution >= 4 is 72.6 Å². The quantitative estimate of drug-likeness (QED) is 0.382. The fourth-order valence-corrected chi connectivity index (χ4v) is 3.61. The topological polar surface area (TPSA) is 35.5 Å². The lowest BCUT2D eigenvalue weighted by molar-refractivity contribution is -0.136. The highest BCUT2D eigenvalue weighted by molar-refractivity contribution is 9.10. The molecule has 0 amide bonds. The second kappa shape index (κ2) is 7.88. The Labute approximate surface area is 158 Å². The second-order valence-corrected chi connectivity index (χ2v) is 7.02. The highest BCUT2D eigenvalue weighted by Crippen LogP contribution is 2.36. The molecule has 116 valence electrons. The van der Waals surface area contributed by atoms with Gasteiger partial charge in [-0.25, -0.2) is 4.79 Å². The predicted octanol–water partition coefficient (Wildman–Crippen LogP) is 6.16. The summed E-state index contributed by atoms with van der Waals surface area (Å²) in [5.41, 5.74) is 0. The third-order valence-electron chi connectivity index (χ3n) is 2.42. The number of rotatable bonds is 4. The molecule has 0 saturated heterocycles. The Morgan fingerprint density at radius 1 is 1.00 bits per heavy atom. The molecular weight excluding hydrogens is 482 g/mol. The van der Waals surface area contributed by atoms with Gasteiger partial charge in [0.2, 0.25) is 0 Å². The Kier molecular flexibility index (Phi) is 6.41. The molecule has 8 heteroatoms. The Bertz CT molecular complexity index is 699. The molecule has 0 saturated carbocycles. The van der Waals surface area contributed by atoms with Crippen LogP contribution in [0.4, 0.5) is 0 Å². The van der Waals surface area contributed by atoms with Crippen LogP contribution in [0.25, 0.3) is 0 Å². The van der Waals surface area contributed by atoms with Gasteiger partial charge in [-0.05, 0) is 62.2 Å². The van der Waals surface area contributed by atoms with E-state index in [-0.39, 0.29) is 17.4 Å². The van der Waals surface area contributed by atoms with Crippen molar-refractivity contribution in [1.82, 2.24) is 0 Å². The molecule has 0 aliphatic heterocycles. The summed E-state index contributed by atoms with van der Waals surface area (Å²) >= 11 is 24.2. The van der Waals surface area contributed by atoms with Crippen LogP contribution in [-0.2, 0) is 4.79 Å². The molecule has 0 radical (unpaired) electrons. The van der Waals surface area contributed by atoms with Gasteiger partial charge in [0.05, 0.1) is 14.0 Å². The fourth-order valence-electron chi connectivity index (χ4n) is 1.50. The lowest BCUT2D eigenvalue weighted by Crippen LogP contribution is -2.18. The summed E-state index contributed by atoms with van der Waals surface area (Å²) in [7, 11) is 0. The zero-order valence-corrected chi connectivity index (χ0v) is 16.1. The first kappa shape index (κ1) is 17.9. The van der Waals surface area contributed by atoms with Crippen molar-refractivity contribution in [3.8, 4) is 11.5 Å². The van der Waals surface area contributed by atoms with Crippen molar-refractivity contribution < 1.29 is 14.3 Å². The van der Waals surface area contributed by atoms with Crippen LogP contribution in [0.5, 0.6) is 11.5 Å². The highest BCUT2D eigenvalue weighted by Gasteiger charge is 2.14. The smallest absolute Gasteiger partial charge is 0.349 e. The van der Waals surface area contributed by atoms with Gasteiger partial charge in [0.25, 0.3) is 0 Å². The van der Waals surface area contributed by atoms with Crippen LogP contribution in [0, 0.1) is 0 Å². The number of carbonyl (C=O) groups is 1. The first-order chi connectivity index (χ1) is 10.4. The lowest BCUT2D eigenvalue weighted by Gasteiger charge is -2.10. The number of halogens is 5. The average molecular weight is 489 g/mol. The number of benzene rings is 2. The summed E-state index contributed by atoms with van der Waals surface area (Å²) < 4.78 is 11.7. The van der Waals surface area contributed by atoms with E-state index in [1.54, 1.807) is 24.3 Å². The molecule has 0 spiro atoms. The van der Waals surface area contributed by atoms with Crippen LogP contribution in [-0.4, -0.2) is 12.6 Å². The van der Waals surface area contributed by atoms with E-state index in [4.69, 9.17) is 44.3 Å². The molecule has 0 fully saturated rings. The fraction of sp³-hybridized carbons (Fsp3) is 0.0714. The normalized spacial score (nSPS) is 10.4. The maximum atomic E-state index is 11.9. The van der Waals surface area contributed by atoms with Gasteiger partial charge in [0, 0.05) is 10.0 Å². The van der Waals surface area contributed by atoms with Crippen molar-refractivity contribution in [3.63, 3.8) is 0 Å². The zero-order chi connectivity index (χ0) is 16.3. The summed E-state index contributed by atoms with van der Waals surface area (Å²) in [5, 5.41) is 1.21. The van der Waals surface area contributed by atoms with E-state index >= 15 is 0 Å². The molecular formula is C14H7Br2Cl3O3. The Hall–Kier alpha value is -0.460. The third kappa shape index (κ3) is 4.77. The molecule has 0 aromatic heterocycles. The third-order valence-corrected chi connectivity index (χ3v) is 4.36. The summed E-state index contributed by atoms with van der Waals surface area (Å²) in [5.74, 6) is 0.0595. The minimum absolute atomic E-state index is 0.190. The standard InChI is InChI=1S/C14H7Br2Cl3O3/c15-9-3-7(17)1-2-12(9)21-6-13(20)22-14-10(16)4-8(18)5-11(14)19/h1-5H,6H2. The molecule has 22 heavy (non-hydrogen) atoms. The van der Waals surface area contributed by atoms with Crippen molar-refractivity contribution in [3.05, 3.63) is 54.3 Å². The van der Waals surface area contributed by atoms with Crippen LogP contribution in [0.1, 0.15) is 0 Å². The van der Waals surface area contributed by atoms with Gasteiger partial charge in [-0.2, -0.15) is 0 Å². The van der Waals surface area contributed by atoms with E-state index in [0.717, 1.165) is 0 Å². The number of hydrogen-bond acceptors (Lipinski definition) is 3. The molecule has 2 aromatic rings. The van der Waals surface area contributed by atoms with Gasteiger partial charge >= 0.3 is 5.97 Å². The maximum absolute atomic E-state index is 11.9. The molecule has 0 N–H and O–H groups in total. The van der Waals surface area contributed by atoms with E-state index in [9.17, 15) is 4.79 Å². The predicted molar refractivity (Wildman–Crippen MR) is 94.4 cm³/mol. The second-order valence-electron chi connectivity index (χ2n) is 4.04. The highest BCUT2D eigenvalue weighted by atomic mass is 79.9. The SMILES string of the molecule is O=C(COc1ccc(Cl)cc1Br)Oc1c(Cl)cc(Cl)cc1Br. The monoisotopic (exact) mass is 486 g/mol. The van der Waals surface area contributed by atoms with Gasteiger partial charge in [-0.3, -0.25) is 0 Å². The number of carbonyl (C=O) groups excluding carboxylic acids is 1. The van der Waals surface area contributed by atoms with Crippen LogP contribution < -0.4 is 9.47 Å². The molecule has 0 heterocycles. The summed E-state index contributed by atoms with van der Waals surface area (Å²) in [6.07, 6.45) is 0. The molecule has 0 aliphatic carbocycles. The van der Waals surface area contributed by atoms with E-state index < -0.39 is 5.97 Å².